The molecule has 0 bridgehead atoms. The molecule has 1 N–H and O–H groups in total. The highest BCUT2D eigenvalue weighted by atomic mass is 16.7. The number of aromatic nitrogens is 2. The molecule has 3 rings (SSSR count). The fraction of sp³-hybridized carbons (Fsp3) is 0.474. The minimum atomic E-state index is -1.02. The van der Waals surface area contributed by atoms with Crippen molar-refractivity contribution in [3.05, 3.63) is 46.6 Å². The van der Waals surface area contributed by atoms with Crippen LogP contribution < -0.4 is 5.59 Å². The molecule has 1 aromatic heterocycles. The van der Waals surface area contributed by atoms with Crippen LogP contribution >= 0.6 is 0 Å². The summed E-state index contributed by atoms with van der Waals surface area (Å²) in [6.45, 7) is 12.2. The van der Waals surface area contributed by atoms with E-state index in [9.17, 15) is 9.90 Å². The molecule has 1 aliphatic heterocycles. The highest BCUT2D eigenvalue weighted by Crippen LogP contribution is 2.36. The summed E-state index contributed by atoms with van der Waals surface area (Å²) in [5.74, 6) is -1.02. The number of hydrogen-bond acceptors (Lipinski definition) is 4. The van der Waals surface area contributed by atoms with Gasteiger partial charge in [0.2, 0.25) is 0 Å². The molecule has 1 aromatic carbocycles. The van der Waals surface area contributed by atoms with Gasteiger partial charge in [-0.1, -0.05) is 18.2 Å². The van der Waals surface area contributed by atoms with Crippen molar-refractivity contribution in [2.45, 2.75) is 59.3 Å². The first-order valence-corrected chi connectivity index (χ1v) is 8.73. The van der Waals surface area contributed by atoms with Gasteiger partial charge in [-0.3, -0.25) is 4.68 Å². The van der Waals surface area contributed by atoms with Crippen LogP contribution in [0.4, 0.5) is 0 Å². The van der Waals surface area contributed by atoms with Crippen molar-refractivity contribution in [1.82, 2.24) is 9.78 Å². The second kappa shape index (κ2) is 6.25. The molecule has 0 amide bonds. The molecule has 1 aliphatic rings. The van der Waals surface area contributed by atoms with E-state index in [4.69, 9.17) is 9.31 Å². The number of rotatable bonds is 4. The zero-order valence-electron chi connectivity index (χ0n) is 16.2. The van der Waals surface area contributed by atoms with E-state index in [0.29, 0.717) is 12.1 Å². The van der Waals surface area contributed by atoms with Crippen LogP contribution in [0, 0.1) is 13.8 Å². The van der Waals surface area contributed by atoms with Gasteiger partial charge in [-0.25, -0.2) is 4.79 Å². The van der Waals surface area contributed by atoms with Crippen molar-refractivity contribution >= 4 is 18.7 Å². The molecule has 0 unspecified atom stereocenters. The van der Waals surface area contributed by atoms with Crippen LogP contribution in [0.2, 0.25) is 0 Å². The van der Waals surface area contributed by atoms with Gasteiger partial charge in [-0.2, -0.15) is 5.10 Å². The number of aryl methyl sites for hydroxylation is 2. The SMILES string of the molecule is Cc1cccc(C)c1Cn1nc(B2OC(C)(C)C(C)(C)O2)cc1C(=O)O. The maximum absolute atomic E-state index is 11.7. The Morgan fingerprint density at radius 3 is 2.19 bits per heavy atom. The Morgan fingerprint density at radius 1 is 1.15 bits per heavy atom. The third-order valence-corrected chi connectivity index (χ3v) is 5.47. The molecule has 7 heteroatoms. The number of carbonyl (C=O) groups is 1. The lowest BCUT2D eigenvalue weighted by Crippen LogP contribution is -2.41. The van der Waals surface area contributed by atoms with Gasteiger partial charge in [0.25, 0.3) is 0 Å². The van der Waals surface area contributed by atoms with Gasteiger partial charge in [0.05, 0.1) is 23.3 Å². The third kappa shape index (κ3) is 3.17. The lowest BCUT2D eigenvalue weighted by molar-refractivity contribution is 0.00578. The van der Waals surface area contributed by atoms with E-state index in [1.54, 1.807) is 0 Å². The van der Waals surface area contributed by atoms with Crippen LogP contribution in [0.1, 0.15) is 54.9 Å². The standard InChI is InChI=1S/C19H25BN2O4/c1-12-8-7-9-13(2)14(12)11-22-15(17(23)24)10-16(21-22)20-25-18(3,4)19(5,6)26-20/h7-10H,11H2,1-6H3,(H,23,24). The summed E-state index contributed by atoms with van der Waals surface area (Å²) >= 11 is 0. The van der Waals surface area contributed by atoms with E-state index in [-0.39, 0.29) is 5.69 Å². The molecule has 26 heavy (non-hydrogen) atoms. The molecular formula is C19H25BN2O4. The number of aromatic carboxylic acids is 1. The van der Waals surface area contributed by atoms with Crippen molar-refractivity contribution in [2.24, 2.45) is 0 Å². The molecule has 2 heterocycles. The van der Waals surface area contributed by atoms with Gasteiger partial charge >= 0.3 is 13.1 Å². The summed E-state index contributed by atoms with van der Waals surface area (Å²) in [4.78, 5) is 11.7. The summed E-state index contributed by atoms with van der Waals surface area (Å²) in [6, 6.07) is 7.56. The van der Waals surface area contributed by atoms with E-state index in [0.717, 1.165) is 16.7 Å². The molecule has 0 spiro atoms. The lowest BCUT2D eigenvalue weighted by atomic mass is 9.85. The van der Waals surface area contributed by atoms with Crippen LogP contribution in [0.5, 0.6) is 0 Å². The Bertz CT molecular complexity index is 821. The molecule has 0 atom stereocenters. The van der Waals surface area contributed by atoms with E-state index < -0.39 is 24.3 Å². The highest BCUT2D eigenvalue weighted by molar-refractivity contribution is 6.61. The normalized spacial score (nSPS) is 18.3. The van der Waals surface area contributed by atoms with Gasteiger partial charge in [0.1, 0.15) is 5.69 Å². The molecule has 0 radical (unpaired) electrons. The van der Waals surface area contributed by atoms with Crippen LogP contribution in [0.15, 0.2) is 24.3 Å². The molecule has 2 aromatic rings. The van der Waals surface area contributed by atoms with Gasteiger partial charge in [-0.05, 0) is 64.3 Å². The molecule has 138 valence electrons. The zero-order chi connectivity index (χ0) is 19.3. The number of carboxylic acid groups (broad SMARTS) is 1. The topological polar surface area (TPSA) is 73.6 Å². The summed E-state index contributed by atoms with van der Waals surface area (Å²) in [6.07, 6.45) is 0. The van der Waals surface area contributed by atoms with Gasteiger partial charge in [-0.15, -0.1) is 0 Å². The van der Waals surface area contributed by atoms with E-state index >= 15 is 0 Å². The zero-order valence-corrected chi connectivity index (χ0v) is 16.2. The van der Waals surface area contributed by atoms with Crippen LogP contribution in [-0.4, -0.2) is 39.2 Å². The van der Waals surface area contributed by atoms with Gasteiger partial charge < -0.3 is 14.4 Å². The molecule has 0 aliphatic carbocycles. The summed E-state index contributed by atoms with van der Waals surface area (Å²) < 4.78 is 13.5. The van der Waals surface area contributed by atoms with E-state index in [1.807, 2.05) is 59.7 Å². The maximum Gasteiger partial charge on any atom is 0.516 e. The monoisotopic (exact) mass is 356 g/mol. The number of benzene rings is 1. The second-order valence-electron chi connectivity index (χ2n) is 7.88. The van der Waals surface area contributed by atoms with Crippen LogP contribution in [0.25, 0.3) is 0 Å². The van der Waals surface area contributed by atoms with Crippen LogP contribution in [0.3, 0.4) is 0 Å². The minimum absolute atomic E-state index is 0.123. The van der Waals surface area contributed by atoms with Gasteiger partial charge in [0, 0.05) is 0 Å². The Labute approximate surface area is 154 Å². The number of nitrogens with zero attached hydrogens (tertiary/aromatic N) is 2. The smallest absolute Gasteiger partial charge is 0.477 e. The Kier molecular flexibility index (Phi) is 4.49. The average molecular weight is 356 g/mol. The molecule has 1 saturated heterocycles. The predicted molar refractivity (Wildman–Crippen MR) is 99.9 cm³/mol. The highest BCUT2D eigenvalue weighted by Gasteiger charge is 2.52. The number of carboxylic acids is 1. The van der Waals surface area contributed by atoms with Gasteiger partial charge in [0.15, 0.2) is 0 Å². The Balaban J connectivity index is 1.97. The lowest BCUT2D eigenvalue weighted by Gasteiger charge is -2.32. The first-order chi connectivity index (χ1) is 12.0. The average Bonchev–Trinajstić information content (AvgIpc) is 3.02. The van der Waals surface area contributed by atoms with Crippen LogP contribution in [-0.2, 0) is 15.9 Å². The third-order valence-electron chi connectivity index (χ3n) is 5.47. The summed E-state index contributed by atoms with van der Waals surface area (Å²) in [7, 11) is -0.683. The fourth-order valence-corrected chi connectivity index (χ4v) is 3.06. The van der Waals surface area contributed by atoms with Crippen molar-refractivity contribution in [3.8, 4) is 0 Å². The fourth-order valence-electron chi connectivity index (χ4n) is 3.06. The molecular weight excluding hydrogens is 331 g/mol. The molecule has 1 fully saturated rings. The number of hydrogen-bond donors (Lipinski definition) is 1. The first kappa shape index (κ1) is 18.7. The second-order valence-corrected chi connectivity index (χ2v) is 7.88. The Hall–Kier alpha value is -2.12. The van der Waals surface area contributed by atoms with Crippen molar-refractivity contribution in [1.29, 1.82) is 0 Å². The van der Waals surface area contributed by atoms with E-state index in [1.165, 1.54) is 10.7 Å². The molecule has 6 nitrogen and oxygen atoms in total. The first-order valence-electron chi connectivity index (χ1n) is 8.73. The van der Waals surface area contributed by atoms with Crippen molar-refractivity contribution < 1.29 is 19.2 Å². The Morgan fingerprint density at radius 2 is 1.69 bits per heavy atom. The largest absolute Gasteiger partial charge is 0.516 e. The van der Waals surface area contributed by atoms with Crippen molar-refractivity contribution in [2.75, 3.05) is 0 Å². The van der Waals surface area contributed by atoms with E-state index in [2.05, 4.69) is 5.10 Å². The quantitative estimate of drug-likeness (QED) is 0.853. The maximum atomic E-state index is 11.7. The minimum Gasteiger partial charge on any atom is -0.477 e. The predicted octanol–water partition coefficient (Wildman–Crippen LogP) is 2.55. The van der Waals surface area contributed by atoms with Crippen molar-refractivity contribution in [3.63, 3.8) is 0 Å². The summed E-state index contributed by atoms with van der Waals surface area (Å²) in [5, 5.41) is 14.1. The molecule has 0 saturated carbocycles. The summed E-state index contributed by atoms with van der Waals surface area (Å²) in [5.41, 5.74) is 2.88.